The quantitative estimate of drug-likeness (QED) is 0.513. The summed E-state index contributed by atoms with van der Waals surface area (Å²) < 4.78 is 0. The van der Waals surface area contributed by atoms with Crippen LogP contribution >= 0.6 is 0 Å². The fourth-order valence-corrected chi connectivity index (χ4v) is 2.93. The van der Waals surface area contributed by atoms with Gasteiger partial charge in [-0.25, -0.2) is 4.98 Å². The molecule has 7 nitrogen and oxygen atoms in total. The first kappa shape index (κ1) is 16.2. The topological polar surface area (TPSA) is 88.5 Å². The van der Waals surface area contributed by atoms with Crippen molar-refractivity contribution in [3.05, 3.63) is 58.3 Å². The van der Waals surface area contributed by atoms with Crippen molar-refractivity contribution < 1.29 is 4.92 Å². The molecule has 0 unspecified atom stereocenters. The molecule has 1 aromatic carbocycles. The van der Waals surface area contributed by atoms with E-state index >= 15 is 0 Å². The fourth-order valence-electron chi connectivity index (χ4n) is 2.93. The van der Waals surface area contributed by atoms with Crippen molar-refractivity contribution >= 4 is 17.2 Å². The molecule has 0 aliphatic carbocycles. The highest BCUT2D eigenvalue weighted by molar-refractivity contribution is 5.59. The van der Waals surface area contributed by atoms with Crippen molar-refractivity contribution in [3.8, 4) is 0 Å². The van der Waals surface area contributed by atoms with Gasteiger partial charge in [-0.1, -0.05) is 12.1 Å². The van der Waals surface area contributed by atoms with Gasteiger partial charge in [-0.05, 0) is 30.2 Å². The Bertz CT molecular complexity index is 699. The summed E-state index contributed by atoms with van der Waals surface area (Å²) in [7, 11) is 0. The van der Waals surface area contributed by atoms with E-state index in [1.165, 1.54) is 0 Å². The lowest BCUT2D eigenvalue weighted by Crippen LogP contribution is -2.47. The van der Waals surface area contributed by atoms with Crippen molar-refractivity contribution in [1.29, 1.82) is 0 Å². The molecule has 1 fully saturated rings. The van der Waals surface area contributed by atoms with E-state index in [1.54, 1.807) is 12.1 Å². The number of nitro groups is 1. The summed E-state index contributed by atoms with van der Waals surface area (Å²) in [6.45, 7) is 4.70. The molecule has 2 N–H and O–H groups in total. The van der Waals surface area contributed by atoms with E-state index in [9.17, 15) is 10.1 Å². The summed E-state index contributed by atoms with van der Waals surface area (Å²) in [5, 5.41) is 11.0. The molecule has 0 amide bonds. The van der Waals surface area contributed by atoms with Gasteiger partial charge in [-0.15, -0.1) is 0 Å². The number of nitrogens with two attached hydrogens (primary N) is 1. The number of benzene rings is 1. The predicted molar refractivity (Wildman–Crippen MR) is 94.1 cm³/mol. The summed E-state index contributed by atoms with van der Waals surface area (Å²) in [6.07, 6.45) is 2.60. The lowest BCUT2D eigenvalue weighted by atomic mass is 10.1. The summed E-state index contributed by atoms with van der Waals surface area (Å²) in [6, 6.07) is 11.0. The Hall–Kier alpha value is -2.67. The van der Waals surface area contributed by atoms with Crippen LogP contribution in [0.2, 0.25) is 0 Å². The van der Waals surface area contributed by atoms with Crippen LogP contribution in [0.5, 0.6) is 0 Å². The summed E-state index contributed by atoms with van der Waals surface area (Å²) in [5.74, 6) is 1.02. The highest BCUT2D eigenvalue weighted by Crippen LogP contribution is 2.22. The zero-order chi connectivity index (χ0) is 16.9. The van der Waals surface area contributed by atoms with E-state index in [2.05, 4.69) is 14.8 Å². The number of aromatic nitrogens is 1. The van der Waals surface area contributed by atoms with Crippen LogP contribution in [0.4, 0.5) is 17.2 Å². The third kappa shape index (κ3) is 3.80. The number of nitrogens with zero attached hydrogens (tertiary/aromatic N) is 4. The average Bonchev–Trinajstić information content (AvgIpc) is 2.62. The minimum Gasteiger partial charge on any atom is -0.393 e. The molecule has 7 heteroatoms. The zero-order valence-corrected chi connectivity index (χ0v) is 13.5. The molecule has 126 valence electrons. The van der Waals surface area contributed by atoms with Crippen LogP contribution in [-0.4, -0.2) is 47.5 Å². The Labute approximate surface area is 140 Å². The standard InChI is InChI=1S/C17H21N5O2/c18-15-5-4-14(13-16(15)22(23)24)6-8-20-9-11-21(12-10-20)17-3-1-2-7-19-17/h1-5,7,13H,6,8-12,18H2. The lowest BCUT2D eigenvalue weighted by Gasteiger charge is -2.35. The molecule has 1 saturated heterocycles. The van der Waals surface area contributed by atoms with Gasteiger partial charge in [0.1, 0.15) is 11.5 Å². The number of rotatable bonds is 5. The van der Waals surface area contributed by atoms with E-state index in [1.807, 2.05) is 30.5 Å². The molecule has 24 heavy (non-hydrogen) atoms. The Morgan fingerprint density at radius 3 is 2.62 bits per heavy atom. The third-order valence-corrected chi connectivity index (χ3v) is 4.35. The average molecular weight is 327 g/mol. The van der Waals surface area contributed by atoms with Crippen molar-refractivity contribution in [2.45, 2.75) is 6.42 Å². The van der Waals surface area contributed by atoms with Crippen molar-refractivity contribution in [2.75, 3.05) is 43.4 Å². The molecule has 1 aliphatic heterocycles. The molecule has 1 aromatic heterocycles. The number of anilines is 2. The highest BCUT2D eigenvalue weighted by Gasteiger charge is 2.18. The fraction of sp³-hybridized carbons (Fsp3) is 0.353. The summed E-state index contributed by atoms with van der Waals surface area (Å²) in [4.78, 5) is 19.6. The number of piperazine rings is 1. The van der Waals surface area contributed by atoms with Gasteiger partial charge >= 0.3 is 0 Å². The maximum atomic E-state index is 11.0. The van der Waals surface area contributed by atoms with Gasteiger partial charge in [0, 0.05) is 45.0 Å². The first-order valence-corrected chi connectivity index (χ1v) is 8.04. The summed E-state index contributed by atoms with van der Waals surface area (Å²) >= 11 is 0. The molecule has 2 aromatic rings. The lowest BCUT2D eigenvalue weighted by molar-refractivity contribution is -0.384. The minimum atomic E-state index is -0.426. The Kier molecular flexibility index (Phi) is 4.90. The maximum absolute atomic E-state index is 11.0. The van der Waals surface area contributed by atoms with Gasteiger partial charge in [-0.2, -0.15) is 0 Å². The number of hydrogen-bond acceptors (Lipinski definition) is 6. The second-order valence-electron chi connectivity index (χ2n) is 5.92. The van der Waals surface area contributed by atoms with Crippen LogP contribution in [0.3, 0.4) is 0 Å². The molecule has 0 radical (unpaired) electrons. The van der Waals surface area contributed by atoms with Gasteiger partial charge < -0.3 is 10.6 Å². The van der Waals surface area contributed by atoms with Crippen molar-refractivity contribution in [3.63, 3.8) is 0 Å². The first-order valence-electron chi connectivity index (χ1n) is 8.04. The van der Waals surface area contributed by atoms with Gasteiger partial charge in [-0.3, -0.25) is 15.0 Å². The third-order valence-electron chi connectivity index (χ3n) is 4.35. The van der Waals surface area contributed by atoms with Crippen molar-refractivity contribution in [2.24, 2.45) is 0 Å². The van der Waals surface area contributed by atoms with Crippen LogP contribution < -0.4 is 10.6 Å². The molecule has 2 heterocycles. The predicted octanol–water partition coefficient (Wildman–Crippen LogP) is 1.94. The molecular formula is C17H21N5O2. The summed E-state index contributed by atoms with van der Waals surface area (Å²) in [5.41, 5.74) is 6.79. The smallest absolute Gasteiger partial charge is 0.292 e. The van der Waals surface area contributed by atoms with Gasteiger partial charge in [0.15, 0.2) is 0 Å². The van der Waals surface area contributed by atoms with E-state index < -0.39 is 4.92 Å². The molecule has 3 rings (SSSR count). The van der Waals surface area contributed by atoms with Crippen molar-refractivity contribution in [1.82, 2.24) is 9.88 Å². The van der Waals surface area contributed by atoms with Crippen LogP contribution in [0.1, 0.15) is 5.56 Å². The number of nitrogen functional groups attached to an aromatic ring is 1. The minimum absolute atomic E-state index is 0.00697. The monoisotopic (exact) mass is 327 g/mol. The molecular weight excluding hydrogens is 306 g/mol. The maximum Gasteiger partial charge on any atom is 0.292 e. The van der Waals surface area contributed by atoms with E-state index in [4.69, 9.17) is 5.73 Å². The largest absolute Gasteiger partial charge is 0.393 e. The second-order valence-corrected chi connectivity index (χ2v) is 5.92. The van der Waals surface area contributed by atoms with Crippen LogP contribution in [0, 0.1) is 10.1 Å². The van der Waals surface area contributed by atoms with Crippen LogP contribution in [0.15, 0.2) is 42.6 Å². The van der Waals surface area contributed by atoms with E-state index in [0.29, 0.717) is 0 Å². The van der Waals surface area contributed by atoms with Crippen LogP contribution in [0.25, 0.3) is 0 Å². The highest BCUT2D eigenvalue weighted by atomic mass is 16.6. The normalized spacial score (nSPS) is 15.4. The number of hydrogen-bond donors (Lipinski definition) is 1. The number of nitro benzene ring substituents is 1. The Morgan fingerprint density at radius 2 is 1.96 bits per heavy atom. The Balaban J connectivity index is 1.52. The molecule has 0 spiro atoms. The van der Waals surface area contributed by atoms with E-state index in [-0.39, 0.29) is 11.4 Å². The van der Waals surface area contributed by atoms with Gasteiger partial charge in [0.2, 0.25) is 0 Å². The molecule has 0 bridgehead atoms. The zero-order valence-electron chi connectivity index (χ0n) is 13.5. The van der Waals surface area contributed by atoms with Gasteiger partial charge in [0.25, 0.3) is 5.69 Å². The molecule has 0 atom stereocenters. The Morgan fingerprint density at radius 1 is 1.17 bits per heavy atom. The van der Waals surface area contributed by atoms with Crippen LogP contribution in [-0.2, 0) is 6.42 Å². The van der Waals surface area contributed by atoms with E-state index in [0.717, 1.165) is 50.5 Å². The second kappa shape index (κ2) is 7.27. The molecule has 0 saturated carbocycles. The SMILES string of the molecule is Nc1ccc(CCN2CCN(c3ccccn3)CC2)cc1[N+](=O)[O-]. The molecule has 1 aliphatic rings. The number of pyridine rings is 1. The van der Waals surface area contributed by atoms with Gasteiger partial charge in [0.05, 0.1) is 4.92 Å². The first-order chi connectivity index (χ1) is 11.6.